The van der Waals surface area contributed by atoms with Crippen molar-refractivity contribution in [2.45, 2.75) is 219 Å². The lowest BCUT2D eigenvalue weighted by Gasteiger charge is -2.26. The molecule has 0 aliphatic heterocycles. The number of phosphoric acid groups is 1. The molecule has 0 aliphatic carbocycles. The molecule has 0 aromatic rings. The fraction of sp³-hybridized carbons (Fsp3) is 0.851. The van der Waals surface area contributed by atoms with E-state index < -0.39 is 20.0 Å². The first-order valence-electron chi connectivity index (χ1n) is 23.4. The van der Waals surface area contributed by atoms with Crippen molar-refractivity contribution in [2.24, 2.45) is 0 Å². The number of quaternary nitrogens is 1. The lowest BCUT2D eigenvalue weighted by molar-refractivity contribution is -0.870. The second kappa shape index (κ2) is 39.2. The van der Waals surface area contributed by atoms with Crippen molar-refractivity contribution in [3.8, 4) is 0 Å². The number of hydrogen-bond donors (Lipinski definition) is 3. The van der Waals surface area contributed by atoms with Crippen LogP contribution in [0.15, 0.2) is 36.5 Å². The second-order valence-electron chi connectivity index (χ2n) is 17.1. The van der Waals surface area contributed by atoms with Crippen molar-refractivity contribution < 1.29 is 32.9 Å². The Balaban J connectivity index is 3.91. The van der Waals surface area contributed by atoms with Crippen LogP contribution < -0.4 is 5.32 Å². The van der Waals surface area contributed by atoms with Crippen LogP contribution in [0.1, 0.15) is 206 Å². The van der Waals surface area contributed by atoms with E-state index in [1.165, 1.54) is 116 Å². The second-order valence-corrected chi connectivity index (χ2v) is 18.6. The smallest absolute Gasteiger partial charge is 0.391 e. The van der Waals surface area contributed by atoms with E-state index in [4.69, 9.17) is 9.05 Å². The van der Waals surface area contributed by atoms with Crippen molar-refractivity contribution in [1.82, 2.24) is 5.32 Å². The van der Waals surface area contributed by atoms with E-state index >= 15 is 0 Å². The SMILES string of the molecule is CCCCCCC/C=C\C/C=C\C/C=C\CCCCCCCCCCCCCCCCC(=O)NC(COP(=O)(O)OCC[N+](C)(C)C)C(O)CCCCCCC. The van der Waals surface area contributed by atoms with Gasteiger partial charge in [-0.1, -0.05) is 185 Å². The first-order valence-corrected chi connectivity index (χ1v) is 24.8. The summed E-state index contributed by atoms with van der Waals surface area (Å²) in [4.78, 5) is 23.0. The van der Waals surface area contributed by atoms with Gasteiger partial charge in [-0.05, 0) is 51.4 Å². The Labute approximate surface area is 347 Å². The van der Waals surface area contributed by atoms with Crippen LogP contribution in [0, 0.1) is 0 Å². The summed E-state index contributed by atoms with van der Waals surface area (Å²) in [6.07, 6.45) is 48.0. The number of likely N-dealkylation sites (N-methyl/N-ethyl adjacent to an activating group) is 1. The number of allylic oxidation sites excluding steroid dienone is 6. The van der Waals surface area contributed by atoms with Crippen LogP contribution >= 0.6 is 7.82 Å². The third-order valence-electron chi connectivity index (χ3n) is 10.4. The maximum Gasteiger partial charge on any atom is 0.472 e. The molecule has 3 unspecified atom stereocenters. The van der Waals surface area contributed by atoms with Crippen LogP contribution in [0.4, 0.5) is 0 Å². The van der Waals surface area contributed by atoms with E-state index in [2.05, 4.69) is 55.6 Å². The molecule has 0 radical (unpaired) electrons. The molecular formula is C47H92N2O6P+. The average molecular weight is 812 g/mol. The number of phosphoric ester groups is 1. The fourth-order valence-corrected chi connectivity index (χ4v) is 7.38. The number of carbonyl (C=O) groups is 1. The van der Waals surface area contributed by atoms with Crippen LogP contribution in [0.2, 0.25) is 0 Å². The van der Waals surface area contributed by atoms with Gasteiger partial charge in [-0.2, -0.15) is 0 Å². The zero-order valence-corrected chi connectivity index (χ0v) is 38.3. The van der Waals surface area contributed by atoms with Crippen LogP contribution in [-0.4, -0.2) is 73.4 Å². The summed E-state index contributed by atoms with van der Waals surface area (Å²) in [6, 6.07) is -0.756. The van der Waals surface area contributed by atoms with Crippen molar-refractivity contribution in [3.63, 3.8) is 0 Å². The van der Waals surface area contributed by atoms with Gasteiger partial charge in [-0.25, -0.2) is 4.57 Å². The Bertz CT molecular complexity index is 1010. The van der Waals surface area contributed by atoms with Gasteiger partial charge in [0.2, 0.25) is 5.91 Å². The summed E-state index contributed by atoms with van der Waals surface area (Å²) in [5, 5.41) is 13.7. The fourth-order valence-electron chi connectivity index (χ4n) is 6.64. The summed E-state index contributed by atoms with van der Waals surface area (Å²) in [5.41, 5.74) is 0. The maximum atomic E-state index is 12.8. The molecule has 0 bridgehead atoms. The summed E-state index contributed by atoms with van der Waals surface area (Å²) in [6.45, 7) is 4.78. The molecule has 3 N–H and O–H groups in total. The average Bonchev–Trinajstić information content (AvgIpc) is 3.15. The third-order valence-corrected chi connectivity index (χ3v) is 11.4. The molecule has 56 heavy (non-hydrogen) atoms. The van der Waals surface area contributed by atoms with E-state index in [-0.39, 0.29) is 19.1 Å². The van der Waals surface area contributed by atoms with Gasteiger partial charge in [0.15, 0.2) is 0 Å². The highest BCUT2D eigenvalue weighted by Crippen LogP contribution is 2.43. The molecule has 3 atom stereocenters. The molecule has 9 heteroatoms. The van der Waals surface area contributed by atoms with Gasteiger partial charge in [-0.15, -0.1) is 0 Å². The molecule has 0 aliphatic rings. The summed E-state index contributed by atoms with van der Waals surface area (Å²) in [7, 11) is 1.61. The molecule has 0 aromatic heterocycles. The molecular weight excluding hydrogens is 719 g/mol. The molecule has 330 valence electrons. The Morgan fingerprint density at radius 2 is 1.02 bits per heavy atom. The van der Waals surface area contributed by atoms with Crippen molar-refractivity contribution in [1.29, 1.82) is 0 Å². The monoisotopic (exact) mass is 812 g/mol. The quantitative estimate of drug-likeness (QED) is 0.0245. The highest BCUT2D eigenvalue weighted by atomic mass is 31.2. The Kier molecular flexibility index (Phi) is 38.3. The highest BCUT2D eigenvalue weighted by Gasteiger charge is 2.28. The van der Waals surface area contributed by atoms with E-state index in [9.17, 15) is 19.4 Å². The third kappa shape index (κ3) is 40.9. The molecule has 8 nitrogen and oxygen atoms in total. The van der Waals surface area contributed by atoms with Gasteiger partial charge >= 0.3 is 7.82 Å². The van der Waals surface area contributed by atoms with Gasteiger partial charge < -0.3 is 19.8 Å². The van der Waals surface area contributed by atoms with Crippen LogP contribution in [0.3, 0.4) is 0 Å². The Morgan fingerprint density at radius 1 is 0.607 bits per heavy atom. The summed E-state index contributed by atoms with van der Waals surface area (Å²) < 4.78 is 23.4. The molecule has 0 saturated heterocycles. The number of aliphatic hydroxyl groups excluding tert-OH is 1. The van der Waals surface area contributed by atoms with Crippen molar-refractivity contribution in [3.05, 3.63) is 36.5 Å². The topological polar surface area (TPSA) is 105 Å². The zero-order chi connectivity index (χ0) is 41.4. The van der Waals surface area contributed by atoms with Crippen LogP contribution in [-0.2, 0) is 18.4 Å². The van der Waals surface area contributed by atoms with E-state index in [0.717, 1.165) is 64.2 Å². The van der Waals surface area contributed by atoms with Crippen LogP contribution in [0.5, 0.6) is 0 Å². The predicted octanol–water partition coefficient (Wildman–Crippen LogP) is 13.1. The van der Waals surface area contributed by atoms with E-state index in [1.807, 2.05) is 21.1 Å². The van der Waals surface area contributed by atoms with Gasteiger partial charge in [0.1, 0.15) is 13.2 Å². The number of nitrogens with one attached hydrogen (secondary N) is 1. The maximum absolute atomic E-state index is 12.8. The van der Waals surface area contributed by atoms with Gasteiger partial charge in [0.05, 0.1) is 39.9 Å². The highest BCUT2D eigenvalue weighted by molar-refractivity contribution is 7.47. The van der Waals surface area contributed by atoms with E-state index in [0.29, 0.717) is 23.9 Å². The van der Waals surface area contributed by atoms with Gasteiger partial charge in [-0.3, -0.25) is 13.8 Å². The Morgan fingerprint density at radius 3 is 1.48 bits per heavy atom. The summed E-state index contributed by atoms with van der Waals surface area (Å²) in [5.74, 6) is -0.153. The number of nitrogens with zero attached hydrogens (tertiary/aromatic N) is 1. The minimum absolute atomic E-state index is 0.0736. The molecule has 0 aromatic carbocycles. The number of hydrogen-bond acceptors (Lipinski definition) is 5. The van der Waals surface area contributed by atoms with Crippen molar-refractivity contribution >= 4 is 13.7 Å². The minimum atomic E-state index is -4.30. The van der Waals surface area contributed by atoms with Gasteiger partial charge in [0, 0.05) is 6.42 Å². The molecule has 0 rings (SSSR count). The first kappa shape index (κ1) is 54.7. The van der Waals surface area contributed by atoms with Gasteiger partial charge in [0.25, 0.3) is 0 Å². The lowest BCUT2D eigenvalue weighted by atomic mass is 10.0. The van der Waals surface area contributed by atoms with Crippen molar-refractivity contribution in [2.75, 3.05) is 40.9 Å². The number of rotatable bonds is 42. The molecule has 1 amide bonds. The molecule has 0 heterocycles. The Hall–Kier alpha value is -1.28. The number of amides is 1. The lowest BCUT2D eigenvalue weighted by Crippen LogP contribution is -2.46. The largest absolute Gasteiger partial charge is 0.472 e. The number of unbranched alkanes of at least 4 members (excludes halogenated alkanes) is 23. The molecule has 0 saturated carbocycles. The summed E-state index contributed by atoms with van der Waals surface area (Å²) >= 11 is 0. The minimum Gasteiger partial charge on any atom is -0.391 e. The molecule has 0 fully saturated rings. The van der Waals surface area contributed by atoms with Crippen LogP contribution in [0.25, 0.3) is 0 Å². The normalized spacial score (nSPS) is 14.6. The first-order chi connectivity index (χ1) is 27.0. The number of carbonyl (C=O) groups excluding carboxylic acids is 1. The predicted molar refractivity (Wildman–Crippen MR) is 240 cm³/mol. The number of aliphatic hydroxyl groups is 1. The molecule has 0 spiro atoms. The van der Waals surface area contributed by atoms with E-state index in [1.54, 1.807) is 0 Å². The zero-order valence-electron chi connectivity index (χ0n) is 37.4. The standard InChI is InChI=1S/C47H91N2O6P/c1-6-8-10-12-13-14-15-16-17-18-19-20-21-22-23-24-25-26-27-28-29-30-31-32-33-34-35-37-39-41-47(51)48-45(46(50)40-38-36-11-9-7-2)44-55-56(52,53)54-43-42-49(3,4)5/h15-16,18-19,21-22,45-46,50H,6-14,17,20,23-44H2,1-5H3,(H-,48,51,52,53)/p+1/b16-15-,19-18-,22-21-.